The molecule has 108 valence electrons. The Morgan fingerprint density at radius 1 is 1.25 bits per heavy atom. The highest BCUT2D eigenvalue weighted by molar-refractivity contribution is 6.31. The minimum absolute atomic E-state index is 0.0204. The summed E-state index contributed by atoms with van der Waals surface area (Å²) in [5.74, 6) is 0.492. The van der Waals surface area contributed by atoms with Gasteiger partial charge in [-0.1, -0.05) is 11.6 Å². The zero-order valence-corrected chi connectivity index (χ0v) is 11.6. The largest absolute Gasteiger partial charge is 0.395 e. The lowest BCUT2D eigenvalue weighted by atomic mass is 10.2. The van der Waals surface area contributed by atoms with E-state index in [4.69, 9.17) is 21.8 Å². The molecule has 0 bridgehead atoms. The van der Waals surface area contributed by atoms with E-state index < -0.39 is 0 Å². The Morgan fingerprint density at radius 2 is 1.95 bits per heavy atom. The summed E-state index contributed by atoms with van der Waals surface area (Å²) in [6.45, 7) is 1.13. The van der Waals surface area contributed by atoms with Crippen molar-refractivity contribution in [3.8, 4) is 0 Å². The van der Waals surface area contributed by atoms with Crippen LogP contribution in [0.25, 0.3) is 10.9 Å². The van der Waals surface area contributed by atoms with Crippen LogP contribution in [-0.4, -0.2) is 51.4 Å². The molecule has 0 spiro atoms. The molecule has 0 aliphatic heterocycles. The third-order valence-electron chi connectivity index (χ3n) is 2.92. The Hall–Kier alpha value is -1.47. The van der Waals surface area contributed by atoms with Crippen LogP contribution >= 0.6 is 11.6 Å². The predicted octanol–water partition coefficient (Wildman–Crippen LogP) is 0.363. The highest BCUT2D eigenvalue weighted by atomic mass is 35.5. The number of nitrogens with zero attached hydrogens (tertiary/aromatic N) is 2. The average molecular weight is 298 g/mol. The lowest BCUT2D eigenvalue weighted by Crippen LogP contribution is -2.31. The van der Waals surface area contributed by atoms with Crippen molar-refractivity contribution in [3.05, 3.63) is 39.4 Å². The number of aliphatic hydroxyl groups is 2. The lowest BCUT2D eigenvalue weighted by molar-refractivity contribution is 0.153. The molecule has 1 aromatic carbocycles. The molecule has 0 fully saturated rings. The minimum Gasteiger partial charge on any atom is -0.395 e. The normalized spacial score (nSPS) is 11.4. The molecule has 3 N–H and O–H groups in total. The van der Waals surface area contributed by atoms with Crippen LogP contribution in [-0.2, 0) is 6.54 Å². The summed E-state index contributed by atoms with van der Waals surface area (Å²) in [4.78, 5) is 20.8. The molecule has 2 aromatic rings. The van der Waals surface area contributed by atoms with E-state index in [9.17, 15) is 4.79 Å². The van der Waals surface area contributed by atoms with Gasteiger partial charge in [-0.15, -0.1) is 0 Å². The fraction of sp³-hybridized carbons (Fsp3) is 0.385. The second-order valence-electron chi connectivity index (χ2n) is 4.40. The van der Waals surface area contributed by atoms with Crippen molar-refractivity contribution >= 4 is 22.5 Å². The molecule has 1 heterocycles. The van der Waals surface area contributed by atoms with Gasteiger partial charge in [-0.3, -0.25) is 9.69 Å². The summed E-state index contributed by atoms with van der Waals surface area (Å²) in [5.41, 5.74) is 0.321. The smallest absolute Gasteiger partial charge is 0.258 e. The second-order valence-corrected chi connectivity index (χ2v) is 4.83. The number of H-pyrrole nitrogens is 1. The van der Waals surface area contributed by atoms with E-state index in [-0.39, 0.29) is 18.8 Å². The zero-order chi connectivity index (χ0) is 14.5. The molecular formula is C13H16ClN3O3. The third kappa shape index (κ3) is 3.55. The number of hydrogen-bond donors (Lipinski definition) is 3. The van der Waals surface area contributed by atoms with Crippen molar-refractivity contribution in [1.29, 1.82) is 0 Å². The predicted molar refractivity (Wildman–Crippen MR) is 76.8 cm³/mol. The topological polar surface area (TPSA) is 89.5 Å². The van der Waals surface area contributed by atoms with Crippen molar-refractivity contribution in [3.63, 3.8) is 0 Å². The molecule has 0 aliphatic carbocycles. The highest BCUT2D eigenvalue weighted by Gasteiger charge is 2.09. The number of nitrogens with one attached hydrogen (secondary N) is 1. The average Bonchev–Trinajstić information content (AvgIpc) is 2.40. The van der Waals surface area contributed by atoms with E-state index in [1.165, 1.54) is 0 Å². The number of fused-ring (bicyclic) bond motifs is 1. The van der Waals surface area contributed by atoms with Gasteiger partial charge in [0.15, 0.2) is 0 Å². The molecule has 0 aliphatic rings. The van der Waals surface area contributed by atoms with Crippen LogP contribution in [0.2, 0.25) is 5.02 Å². The van der Waals surface area contributed by atoms with Crippen molar-refractivity contribution in [2.45, 2.75) is 6.54 Å². The van der Waals surface area contributed by atoms with Gasteiger partial charge in [-0.05, 0) is 18.2 Å². The van der Waals surface area contributed by atoms with Crippen molar-refractivity contribution in [2.75, 3.05) is 26.3 Å². The van der Waals surface area contributed by atoms with Crippen molar-refractivity contribution in [1.82, 2.24) is 14.9 Å². The summed E-state index contributed by atoms with van der Waals surface area (Å²) in [6.07, 6.45) is 0. The number of halogens is 1. The van der Waals surface area contributed by atoms with Gasteiger partial charge in [0.2, 0.25) is 0 Å². The quantitative estimate of drug-likeness (QED) is 0.716. The molecule has 0 amide bonds. The second kappa shape index (κ2) is 6.81. The number of benzene rings is 1. The van der Waals surface area contributed by atoms with E-state index in [1.54, 1.807) is 23.1 Å². The van der Waals surface area contributed by atoms with Crippen LogP contribution in [0.5, 0.6) is 0 Å². The van der Waals surface area contributed by atoms with Gasteiger partial charge in [0.1, 0.15) is 5.82 Å². The molecule has 0 saturated heterocycles. The first-order chi connectivity index (χ1) is 9.63. The van der Waals surface area contributed by atoms with Crippen LogP contribution in [0.15, 0.2) is 23.0 Å². The summed E-state index contributed by atoms with van der Waals surface area (Å²) in [5, 5.41) is 18.9. The standard InChI is InChI=1S/C13H16ClN3O3/c14-9-1-2-11-10(7-9)13(20)16-12(15-11)8-17(3-5-18)4-6-19/h1-2,7,18-19H,3-6,8H2,(H,15,16,20). The molecule has 2 rings (SSSR count). The van der Waals surface area contributed by atoms with E-state index in [0.29, 0.717) is 41.4 Å². The molecule has 20 heavy (non-hydrogen) atoms. The summed E-state index contributed by atoms with van der Waals surface area (Å²) in [6, 6.07) is 4.95. The maximum absolute atomic E-state index is 12.0. The first kappa shape index (κ1) is 14.9. The fourth-order valence-corrected chi connectivity index (χ4v) is 2.17. The van der Waals surface area contributed by atoms with Crippen LogP contribution in [0.3, 0.4) is 0 Å². The molecule has 0 saturated carbocycles. The molecule has 6 nitrogen and oxygen atoms in total. The number of aromatic nitrogens is 2. The Balaban J connectivity index is 2.31. The highest BCUT2D eigenvalue weighted by Crippen LogP contribution is 2.14. The molecule has 0 unspecified atom stereocenters. The van der Waals surface area contributed by atoms with Crippen molar-refractivity contribution in [2.24, 2.45) is 0 Å². The zero-order valence-electron chi connectivity index (χ0n) is 10.8. The first-order valence-electron chi connectivity index (χ1n) is 6.26. The minimum atomic E-state index is -0.250. The Labute approximate surface area is 120 Å². The number of aliphatic hydroxyl groups excluding tert-OH is 2. The van der Waals surface area contributed by atoms with Crippen molar-refractivity contribution < 1.29 is 10.2 Å². The van der Waals surface area contributed by atoms with Crippen LogP contribution < -0.4 is 5.56 Å². The van der Waals surface area contributed by atoms with Gasteiger partial charge >= 0.3 is 0 Å². The fourth-order valence-electron chi connectivity index (χ4n) is 2.00. The Morgan fingerprint density at radius 3 is 2.60 bits per heavy atom. The Kier molecular flexibility index (Phi) is 5.08. The van der Waals surface area contributed by atoms with Gasteiger partial charge in [0, 0.05) is 18.1 Å². The molecular weight excluding hydrogens is 282 g/mol. The summed E-state index contributed by atoms with van der Waals surface area (Å²) in [7, 11) is 0. The van der Waals surface area contributed by atoms with E-state index in [1.807, 2.05) is 0 Å². The number of rotatable bonds is 6. The van der Waals surface area contributed by atoms with E-state index in [0.717, 1.165) is 0 Å². The Bertz CT molecular complexity index is 638. The number of hydrogen-bond acceptors (Lipinski definition) is 5. The monoisotopic (exact) mass is 297 g/mol. The van der Waals surface area contributed by atoms with Gasteiger partial charge < -0.3 is 15.2 Å². The van der Waals surface area contributed by atoms with Crippen LogP contribution in [0.1, 0.15) is 5.82 Å². The van der Waals surface area contributed by atoms with Gasteiger partial charge in [0.25, 0.3) is 5.56 Å². The molecule has 0 atom stereocenters. The maximum Gasteiger partial charge on any atom is 0.258 e. The van der Waals surface area contributed by atoms with Crippen LogP contribution in [0, 0.1) is 0 Å². The third-order valence-corrected chi connectivity index (χ3v) is 3.16. The first-order valence-corrected chi connectivity index (χ1v) is 6.64. The van der Waals surface area contributed by atoms with E-state index >= 15 is 0 Å². The summed E-state index contributed by atoms with van der Waals surface area (Å²) < 4.78 is 0. The molecule has 0 radical (unpaired) electrons. The maximum atomic E-state index is 12.0. The van der Waals surface area contributed by atoms with E-state index in [2.05, 4.69) is 9.97 Å². The SMILES string of the molecule is O=c1[nH]c(CN(CCO)CCO)nc2ccc(Cl)cc12. The lowest BCUT2D eigenvalue weighted by Gasteiger charge is -2.19. The molecule has 1 aromatic heterocycles. The van der Waals surface area contributed by atoms with Crippen LogP contribution in [0.4, 0.5) is 0 Å². The molecule has 7 heteroatoms. The van der Waals surface area contributed by atoms with Gasteiger partial charge in [0.05, 0.1) is 30.7 Å². The summed E-state index contributed by atoms with van der Waals surface area (Å²) >= 11 is 5.85. The van der Waals surface area contributed by atoms with Gasteiger partial charge in [-0.25, -0.2) is 4.98 Å². The number of aromatic amines is 1. The van der Waals surface area contributed by atoms with Gasteiger partial charge in [-0.2, -0.15) is 0 Å².